The van der Waals surface area contributed by atoms with Gasteiger partial charge in [-0.1, -0.05) is 6.92 Å². The van der Waals surface area contributed by atoms with Crippen molar-refractivity contribution in [2.24, 2.45) is 0 Å². The van der Waals surface area contributed by atoms with Crippen molar-refractivity contribution in [1.29, 1.82) is 0 Å². The van der Waals surface area contributed by atoms with Crippen LogP contribution in [0.25, 0.3) is 0 Å². The minimum atomic E-state index is 0. The summed E-state index contributed by atoms with van der Waals surface area (Å²) in [7, 11) is 0. The van der Waals surface area contributed by atoms with Gasteiger partial charge in [0.05, 0.1) is 0 Å². The van der Waals surface area contributed by atoms with Crippen LogP contribution in [0.15, 0.2) is 0 Å². The van der Waals surface area contributed by atoms with E-state index in [1.807, 2.05) is 11.8 Å². The number of piperazine rings is 1. The molecule has 1 aliphatic heterocycles. The Kier molecular flexibility index (Phi) is 2.68. The summed E-state index contributed by atoms with van der Waals surface area (Å²) in [6.07, 6.45) is 0.639. The second-order valence-corrected chi connectivity index (χ2v) is 2.48. The molecule has 0 aliphatic carbocycles. The van der Waals surface area contributed by atoms with Gasteiger partial charge in [-0.3, -0.25) is 4.79 Å². The molecule has 0 unspecified atom stereocenters. The number of carbonyl (C=O) groups excluding carboxylic acids is 1. The van der Waals surface area contributed by atoms with E-state index in [2.05, 4.69) is 5.32 Å². The number of rotatable bonds is 1. The van der Waals surface area contributed by atoms with Gasteiger partial charge in [-0.15, -0.1) is 0 Å². The summed E-state index contributed by atoms with van der Waals surface area (Å²) < 4.78 is 0. The summed E-state index contributed by atoms with van der Waals surface area (Å²) in [5.41, 5.74) is 0. The average molecular weight is 144 g/mol. The standard InChI is InChI=1S/C7H14N2O.H2/c1-2-7(10)9-5-3-8-4-6-9;/h8H,2-6H2,1H3;1H. The van der Waals surface area contributed by atoms with Crippen LogP contribution in [-0.4, -0.2) is 37.0 Å². The molecule has 0 saturated carbocycles. The summed E-state index contributed by atoms with van der Waals surface area (Å²) in [6.45, 7) is 5.57. The Bertz CT molecular complexity index is 124. The van der Waals surface area contributed by atoms with Crippen LogP contribution in [0.4, 0.5) is 0 Å². The molecular weight excluding hydrogens is 128 g/mol. The number of hydrogen-bond acceptors (Lipinski definition) is 2. The minimum absolute atomic E-state index is 0. The van der Waals surface area contributed by atoms with Gasteiger partial charge in [0.15, 0.2) is 0 Å². The molecule has 1 rings (SSSR count). The monoisotopic (exact) mass is 144 g/mol. The summed E-state index contributed by atoms with van der Waals surface area (Å²) in [5, 5.41) is 3.20. The second kappa shape index (κ2) is 3.56. The average Bonchev–Trinajstić information content (AvgIpc) is 2.05. The third-order valence-corrected chi connectivity index (χ3v) is 1.77. The Morgan fingerprint density at radius 1 is 1.60 bits per heavy atom. The largest absolute Gasteiger partial charge is 0.340 e. The van der Waals surface area contributed by atoms with Crippen molar-refractivity contribution in [2.45, 2.75) is 13.3 Å². The molecule has 1 N–H and O–H groups in total. The molecule has 3 nitrogen and oxygen atoms in total. The van der Waals surface area contributed by atoms with Crippen molar-refractivity contribution in [1.82, 2.24) is 10.2 Å². The predicted octanol–water partition coefficient (Wildman–Crippen LogP) is 0.0742. The molecule has 0 aromatic heterocycles. The lowest BCUT2D eigenvalue weighted by Crippen LogP contribution is -2.46. The van der Waals surface area contributed by atoms with Crippen LogP contribution in [0.1, 0.15) is 14.8 Å². The van der Waals surface area contributed by atoms with Crippen molar-refractivity contribution in [2.75, 3.05) is 26.2 Å². The molecule has 1 aliphatic rings. The third-order valence-electron chi connectivity index (χ3n) is 1.77. The first kappa shape index (κ1) is 7.54. The van der Waals surface area contributed by atoms with Gasteiger partial charge in [-0.2, -0.15) is 0 Å². The molecular formula is C7H16N2O. The van der Waals surface area contributed by atoms with E-state index < -0.39 is 0 Å². The van der Waals surface area contributed by atoms with Gasteiger partial charge in [-0.05, 0) is 0 Å². The van der Waals surface area contributed by atoms with Crippen LogP contribution in [0.5, 0.6) is 0 Å². The quantitative estimate of drug-likeness (QED) is 0.565. The number of amides is 1. The molecule has 0 radical (unpaired) electrons. The number of nitrogens with zero attached hydrogens (tertiary/aromatic N) is 1. The van der Waals surface area contributed by atoms with Crippen molar-refractivity contribution in [3.05, 3.63) is 0 Å². The molecule has 3 heteroatoms. The molecule has 1 heterocycles. The van der Waals surface area contributed by atoms with Crippen LogP contribution in [-0.2, 0) is 4.79 Å². The van der Waals surface area contributed by atoms with E-state index in [0.717, 1.165) is 26.2 Å². The van der Waals surface area contributed by atoms with E-state index in [-0.39, 0.29) is 7.33 Å². The summed E-state index contributed by atoms with van der Waals surface area (Å²) in [4.78, 5) is 13.0. The molecule has 10 heavy (non-hydrogen) atoms. The molecule has 0 aromatic carbocycles. The van der Waals surface area contributed by atoms with E-state index in [1.165, 1.54) is 0 Å². The zero-order chi connectivity index (χ0) is 7.40. The van der Waals surface area contributed by atoms with Gasteiger partial charge in [0.1, 0.15) is 0 Å². The molecule has 0 aromatic rings. The minimum Gasteiger partial charge on any atom is -0.340 e. The van der Waals surface area contributed by atoms with Crippen molar-refractivity contribution >= 4 is 5.91 Å². The van der Waals surface area contributed by atoms with Crippen LogP contribution < -0.4 is 5.32 Å². The first-order valence-electron chi connectivity index (χ1n) is 3.83. The third kappa shape index (κ3) is 1.70. The second-order valence-electron chi connectivity index (χ2n) is 2.48. The summed E-state index contributed by atoms with van der Waals surface area (Å²) >= 11 is 0. The van der Waals surface area contributed by atoms with Crippen LogP contribution >= 0.6 is 0 Å². The van der Waals surface area contributed by atoms with Crippen LogP contribution in [0.3, 0.4) is 0 Å². The highest BCUT2D eigenvalue weighted by Gasteiger charge is 2.12. The van der Waals surface area contributed by atoms with Crippen LogP contribution in [0, 0.1) is 0 Å². The lowest BCUT2D eigenvalue weighted by Gasteiger charge is -2.26. The van der Waals surface area contributed by atoms with E-state index in [4.69, 9.17) is 0 Å². The number of nitrogens with one attached hydrogen (secondary N) is 1. The number of carbonyl (C=O) groups is 1. The van der Waals surface area contributed by atoms with E-state index >= 15 is 0 Å². The predicted molar refractivity (Wildman–Crippen MR) is 41.9 cm³/mol. The Morgan fingerprint density at radius 2 is 2.20 bits per heavy atom. The molecule has 60 valence electrons. The SMILES string of the molecule is CCC(=O)N1CCNCC1.[HH]. The van der Waals surface area contributed by atoms with Crippen molar-refractivity contribution < 1.29 is 6.22 Å². The normalized spacial score (nSPS) is 19.1. The molecule has 0 atom stereocenters. The van der Waals surface area contributed by atoms with Gasteiger partial charge >= 0.3 is 0 Å². The smallest absolute Gasteiger partial charge is 0.222 e. The van der Waals surface area contributed by atoms with Gasteiger partial charge in [0.25, 0.3) is 0 Å². The molecule has 1 saturated heterocycles. The van der Waals surface area contributed by atoms with Gasteiger partial charge in [0.2, 0.25) is 5.91 Å². The van der Waals surface area contributed by atoms with Crippen molar-refractivity contribution in [3.8, 4) is 0 Å². The lowest BCUT2D eigenvalue weighted by atomic mass is 10.3. The summed E-state index contributed by atoms with van der Waals surface area (Å²) in [5.74, 6) is 0.279. The Morgan fingerprint density at radius 3 is 2.70 bits per heavy atom. The van der Waals surface area contributed by atoms with Gasteiger partial charge in [-0.25, -0.2) is 0 Å². The highest BCUT2D eigenvalue weighted by Crippen LogP contribution is 1.95. The van der Waals surface area contributed by atoms with Crippen LogP contribution in [0.2, 0.25) is 0 Å². The van der Waals surface area contributed by atoms with E-state index in [1.54, 1.807) is 0 Å². The first-order valence-corrected chi connectivity index (χ1v) is 3.83. The lowest BCUT2D eigenvalue weighted by molar-refractivity contribution is -0.131. The molecule has 1 amide bonds. The highest BCUT2D eigenvalue weighted by molar-refractivity contribution is 5.75. The fourth-order valence-corrected chi connectivity index (χ4v) is 1.14. The Hall–Kier alpha value is -0.570. The van der Waals surface area contributed by atoms with Gasteiger partial charge in [0, 0.05) is 34.0 Å². The Balaban J connectivity index is 0.000001000. The zero-order valence-corrected chi connectivity index (χ0v) is 6.39. The topological polar surface area (TPSA) is 32.3 Å². The first-order chi connectivity index (χ1) is 4.84. The van der Waals surface area contributed by atoms with E-state index in [0.29, 0.717) is 6.42 Å². The molecule has 1 fully saturated rings. The summed E-state index contributed by atoms with van der Waals surface area (Å²) in [6, 6.07) is 0. The molecule has 0 spiro atoms. The fraction of sp³-hybridized carbons (Fsp3) is 0.857. The van der Waals surface area contributed by atoms with Gasteiger partial charge < -0.3 is 10.2 Å². The maximum absolute atomic E-state index is 11.1. The maximum Gasteiger partial charge on any atom is 0.222 e. The molecule has 0 bridgehead atoms. The zero-order valence-electron chi connectivity index (χ0n) is 6.39. The Labute approximate surface area is 62.9 Å². The number of hydrogen-bond donors (Lipinski definition) is 1. The van der Waals surface area contributed by atoms with Crippen molar-refractivity contribution in [3.63, 3.8) is 0 Å². The van der Waals surface area contributed by atoms with E-state index in [9.17, 15) is 4.79 Å². The highest BCUT2D eigenvalue weighted by atomic mass is 16.2. The fourth-order valence-electron chi connectivity index (χ4n) is 1.14. The maximum atomic E-state index is 11.1.